The van der Waals surface area contributed by atoms with Gasteiger partial charge in [0.2, 0.25) is 0 Å². The fourth-order valence-corrected chi connectivity index (χ4v) is 2.24. The highest BCUT2D eigenvalue weighted by atomic mass is 35.5. The highest BCUT2D eigenvalue weighted by molar-refractivity contribution is 7.80. The molecule has 2 N–H and O–H groups in total. The Morgan fingerprint density at radius 2 is 2.00 bits per heavy atom. The summed E-state index contributed by atoms with van der Waals surface area (Å²) in [5, 5.41) is 0.635. The van der Waals surface area contributed by atoms with E-state index in [0.717, 1.165) is 16.9 Å². The van der Waals surface area contributed by atoms with Crippen LogP contribution < -0.4 is 11.2 Å². The summed E-state index contributed by atoms with van der Waals surface area (Å²) in [5.41, 5.74) is 8.49. The van der Waals surface area contributed by atoms with Gasteiger partial charge in [0.05, 0.1) is 5.56 Å². The number of nitrogens with zero attached hydrogens (tertiary/aromatic N) is 1. The van der Waals surface area contributed by atoms with Gasteiger partial charge in [-0.25, -0.2) is 0 Å². The first kappa shape index (κ1) is 13.8. The molecule has 0 saturated carbocycles. The average Bonchev–Trinajstić information content (AvgIpc) is 2.32. The van der Waals surface area contributed by atoms with Crippen LogP contribution in [0.3, 0.4) is 0 Å². The quantitative estimate of drug-likeness (QED) is 0.866. The second kappa shape index (κ2) is 5.15. The van der Waals surface area contributed by atoms with Gasteiger partial charge in [0.1, 0.15) is 4.99 Å². The van der Waals surface area contributed by atoms with Crippen molar-refractivity contribution in [3.8, 4) is 5.69 Å². The zero-order chi connectivity index (χ0) is 14.2. The molecular formula is C14H13ClN2OS. The number of thiocarbonyl (C=S) groups is 1. The number of hydrogen-bond acceptors (Lipinski definition) is 2. The van der Waals surface area contributed by atoms with E-state index in [1.807, 2.05) is 36.6 Å². The van der Waals surface area contributed by atoms with Gasteiger partial charge in [-0.05, 0) is 31.5 Å². The van der Waals surface area contributed by atoms with Gasteiger partial charge in [0, 0.05) is 28.7 Å². The first-order valence-corrected chi connectivity index (χ1v) is 6.48. The van der Waals surface area contributed by atoms with Gasteiger partial charge in [0.25, 0.3) is 0 Å². The van der Waals surface area contributed by atoms with E-state index < -0.39 is 0 Å². The van der Waals surface area contributed by atoms with Gasteiger partial charge in [-0.1, -0.05) is 29.9 Å². The highest BCUT2D eigenvalue weighted by Gasteiger charge is 2.09. The monoisotopic (exact) mass is 292 g/mol. The van der Waals surface area contributed by atoms with Crippen LogP contribution in [0.1, 0.15) is 16.8 Å². The SMILES string of the molecule is Cc1ccc(Cl)cc1-n1cc(C(N)=S)c(=O)cc1C. The minimum absolute atomic E-state index is 0.0958. The molecule has 19 heavy (non-hydrogen) atoms. The maximum Gasteiger partial charge on any atom is 0.192 e. The lowest BCUT2D eigenvalue weighted by atomic mass is 10.1. The predicted molar refractivity (Wildman–Crippen MR) is 82.4 cm³/mol. The van der Waals surface area contributed by atoms with Crippen molar-refractivity contribution < 1.29 is 0 Å². The summed E-state index contributed by atoms with van der Waals surface area (Å²) in [7, 11) is 0. The third kappa shape index (κ3) is 2.69. The zero-order valence-electron chi connectivity index (χ0n) is 10.6. The summed E-state index contributed by atoms with van der Waals surface area (Å²) in [6, 6.07) is 7.12. The minimum atomic E-state index is -0.166. The van der Waals surface area contributed by atoms with Gasteiger partial charge in [-0.3, -0.25) is 4.79 Å². The van der Waals surface area contributed by atoms with Crippen LogP contribution in [0.2, 0.25) is 5.02 Å². The fraction of sp³-hybridized carbons (Fsp3) is 0.143. The molecule has 1 aromatic carbocycles. The zero-order valence-corrected chi connectivity index (χ0v) is 12.2. The Morgan fingerprint density at radius 1 is 1.32 bits per heavy atom. The van der Waals surface area contributed by atoms with Crippen LogP contribution in [0.4, 0.5) is 0 Å². The van der Waals surface area contributed by atoms with E-state index in [1.54, 1.807) is 6.20 Å². The molecule has 1 aromatic heterocycles. The molecule has 0 radical (unpaired) electrons. The van der Waals surface area contributed by atoms with Crippen molar-refractivity contribution >= 4 is 28.8 Å². The third-order valence-electron chi connectivity index (χ3n) is 2.94. The van der Waals surface area contributed by atoms with Gasteiger partial charge in [-0.15, -0.1) is 0 Å². The second-order valence-electron chi connectivity index (χ2n) is 4.36. The third-order valence-corrected chi connectivity index (χ3v) is 3.39. The number of hydrogen-bond donors (Lipinski definition) is 1. The summed E-state index contributed by atoms with van der Waals surface area (Å²) in [6.45, 7) is 3.83. The normalized spacial score (nSPS) is 10.5. The molecule has 0 unspecified atom stereocenters. The van der Waals surface area contributed by atoms with Crippen LogP contribution >= 0.6 is 23.8 Å². The average molecular weight is 293 g/mol. The van der Waals surface area contributed by atoms with E-state index >= 15 is 0 Å². The molecule has 0 fully saturated rings. The van der Waals surface area contributed by atoms with Crippen LogP contribution in [-0.4, -0.2) is 9.56 Å². The molecule has 5 heteroatoms. The van der Waals surface area contributed by atoms with E-state index in [4.69, 9.17) is 29.6 Å². The van der Waals surface area contributed by atoms with E-state index in [9.17, 15) is 4.79 Å². The lowest BCUT2D eigenvalue weighted by molar-refractivity contribution is 0.960. The highest BCUT2D eigenvalue weighted by Crippen LogP contribution is 2.20. The minimum Gasteiger partial charge on any atom is -0.389 e. The molecule has 2 rings (SSSR count). The summed E-state index contributed by atoms with van der Waals surface area (Å²) in [5.74, 6) is 0. The van der Waals surface area contributed by atoms with Crippen molar-refractivity contribution in [1.82, 2.24) is 4.57 Å². The van der Waals surface area contributed by atoms with Crippen molar-refractivity contribution in [2.24, 2.45) is 5.73 Å². The molecule has 0 aliphatic carbocycles. The van der Waals surface area contributed by atoms with Crippen molar-refractivity contribution in [2.75, 3.05) is 0 Å². The Morgan fingerprint density at radius 3 is 2.63 bits per heavy atom. The number of halogens is 1. The first-order valence-electron chi connectivity index (χ1n) is 5.70. The van der Waals surface area contributed by atoms with Crippen LogP contribution in [0.15, 0.2) is 35.3 Å². The lowest BCUT2D eigenvalue weighted by Crippen LogP contribution is -2.23. The molecule has 1 heterocycles. The summed E-state index contributed by atoms with van der Waals surface area (Å²) in [4.78, 5) is 11.9. The Hall–Kier alpha value is -1.65. The predicted octanol–water partition coefficient (Wildman–Crippen LogP) is 2.74. The number of nitrogens with two attached hydrogens (primary N) is 1. The van der Waals surface area contributed by atoms with Crippen LogP contribution in [0, 0.1) is 13.8 Å². The van der Waals surface area contributed by atoms with Crippen LogP contribution in [0.25, 0.3) is 5.69 Å². The molecule has 0 saturated heterocycles. The molecule has 0 amide bonds. The Kier molecular flexibility index (Phi) is 3.73. The summed E-state index contributed by atoms with van der Waals surface area (Å²) in [6.07, 6.45) is 1.67. The Bertz CT molecular complexity index is 722. The van der Waals surface area contributed by atoms with Crippen molar-refractivity contribution in [3.63, 3.8) is 0 Å². The van der Waals surface area contributed by atoms with E-state index in [0.29, 0.717) is 10.6 Å². The molecular weight excluding hydrogens is 280 g/mol. The van der Waals surface area contributed by atoms with Crippen LogP contribution in [-0.2, 0) is 0 Å². The molecule has 0 spiro atoms. The summed E-state index contributed by atoms with van der Waals surface area (Å²) < 4.78 is 1.87. The molecule has 3 nitrogen and oxygen atoms in total. The van der Waals surface area contributed by atoms with Crippen molar-refractivity contribution in [3.05, 3.63) is 62.5 Å². The second-order valence-corrected chi connectivity index (χ2v) is 5.23. The van der Waals surface area contributed by atoms with E-state index in [1.165, 1.54) is 6.07 Å². The molecule has 0 bridgehead atoms. The molecule has 2 aromatic rings. The van der Waals surface area contributed by atoms with Gasteiger partial charge in [-0.2, -0.15) is 0 Å². The van der Waals surface area contributed by atoms with Gasteiger partial charge in [0.15, 0.2) is 5.43 Å². The molecule has 98 valence electrons. The maximum atomic E-state index is 11.8. The number of pyridine rings is 1. The van der Waals surface area contributed by atoms with Gasteiger partial charge >= 0.3 is 0 Å². The smallest absolute Gasteiger partial charge is 0.192 e. The molecule has 0 aliphatic rings. The Labute approximate surface area is 121 Å². The lowest BCUT2D eigenvalue weighted by Gasteiger charge is -2.15. The number of aryl methyl sites for hydroxylation is 2. The number of aromatic nitrogens is 1. The fourth-order valence-electron chi connectivity index (χ4n) is 1.92. The Balaban J connectivity index is 2.75. The topological polar surface area (TPSA) is 48.0 Å². The number of rotatable bonds is 2. The maximum absolute atomic E-state index is 11.8. The van der Waals surface area contributed by atoms with Crippen LogP contribution in [0.5, 0.6) is 0 Å². The van der Waals surface area contributed by atoms with E-state index in [2.05, 4.69) is 0 Å². The standard InChI is InChI=1S/C14H13ClN2OS/c1-8-3-4-10(15)6-12(8)17-7-11(14(16)19)13(18)5-9(17)2/h3-7H,1-2H3,(H2,16,19). The van der Waals surface area contributed by atoms with Crippen molar-refractivity contribution in [2.45, 2.75) is 13.8 Å². The van der Waals surface area contributed by atoms with E-state index in [-0.39, 0.29) is 10.4 Å². The van der Waals surface area contributed by atoms with Crippen molar-refractivity contribution in [1.29, 1.82) is 0 Å². The molecule has 0 atom stereocenters. The summed E-state index contributed by atoms with van der Waals surface area (Å²) >= 11 is 10.9. The molecule has 0 aliphatic heterocycles. The largest absolute Gasteiger partial charge is 0.389 e. The van der Waals surface area contributed by atoms with Gasteiger partial charge < -0.3 is 10.3 Å². The first-order chi connectivity index (χ1) is 8.90. The number of benzene rings is 1.